The number of hydrogen-bond acceptors (Lipinski definition) is 3. The molecule has 0 aliphatic heterocycles. The fourth-order valence-corrected chi connectivity index (χ4v) is 5.28. The van der Waals surface area contributed by atoms with Crippen LogP contribution in [0.4, 0.5) is 5.69 Å². The first kappa shape index (κ1) is 21.6. The second-order valence-corrected chi connectivity index (χ2v) is 9.77. The molecule has 4 rings (SSSR count). The molecule has 2 aromatic carbocycles. The maximum Gasteiger partial charge on any atom is 0.234 e. The van der Waals surface area contributed by atoms with Crippen molar-refractivity contribution < 1.29 is 9.53 Å². The van der Waals surface area contributed by atoms with E-state index in [9.17, 15) is 4.79 Å². The fraction of sp³-hybridized carbons (Fsp3) is 0.370. The molecule has 0 saturated carbocycles. The average molecular weight is 434 g/mol. The highest BCUT2D eigenvalue weighted by Crippen LogP contribution is 2.37. The SMILES string of the molecule is COc1ccc2c(c1)C(C(=O)N(Cc1cc(C)cs1)c1ccc(C(C)C)cc1)CCC2. The van der Waals surface area contributed by atoms with Gasteiger partial charge < -0.3 is 9.64 Å². The summed E-state index contributed by atoms with van der Waals surface area (Å²) in [4.78, 5) is 17.2. The fourth-order valence-electron chi connectivity index (χ4n) is 4.41. The lowest BCUT2D eigenvalue weighted by atomic mass is 9.81. The molecule has 0 N–H and O–H groups in total. The van der Waals surface area contributed by atoms with E-state index in [-0.39, 0.29) is 11.8 Å². The van der Waals surface area contributed by atoms with Gasteiger partial charge in [-0.15, -0.1) is 11.3 Å². The van der Waals surface area contributed by atoms with E-state index in [0.29, 0.717) is 12.5 Å². The van der Waals surface area contributed by atoms with Crippen LogP contribution in [0.15, 0.2) is 53.9 Å². The minimum Gasteiger partial charge on any atom is -0.497 e. The number of carbonyl (C=O) groups is 1. The largest absolute Gasteiger partial charge is 0.497 e. The molecule has 31 heavy (non-hydrogen) atoms. The minimum atomic E-state index is -0.135. The Balaban J connectivity index is 1.70. The Kier molecular flexibility index (Phi) is 6.47. The lowest BCUT2D eigenvalue weighted by Gasteiger charge is -2.31. The van der Waals surface area contributed by atoms with Crippen LogP contribution in [0.5, 0.6) is 5.75 Å². The van der Waals surface area contributed by atoms with Crippen molar-refractivity contribution >= 4 is 22.9 Å². The summed E-state index contributed by atoms with van der Waals surface area (Å²) in [5.74, 6) is 1.33. The van der Waals surface area contributed by atoms with Gasteiger partial charge in [-0.05, 0) is 90.1 Å². The Labute approximate surface area is 189 Å². The number of carbonyl (C=O) groups excluding carboxylic acids is 1. The van der Waals surface area contributed by atoms with Gasteiger partial charge in [0.15, 0.2) is 0 Å². The van der Waals surface area contributed by atoms with E-state index >= 15 is 0 Å². The summed E-state index contributed by atoms with van der Waals surface area (Å²) in [6.45, 7) is 7.10. The van der Waals surface area contributed by atoms with Crippen molar-refractivity contribution in [3.63, 3.8) is 0 Å². The Bertz CT molecular complexity index is 1050. The van der Waals surface area contributed by atoms with E-state index in [1.165, 1.54) is 21.6 Å². The van der Waals surface area contributed by atoms with Crippen molar-refractivity contribution in [3.05, 3.63) is 81.0 Å². The molecule has 0 radical (unpaired) electrons. The molecular formula is C27H31NO2S. The molecule has 4 heteroatoms. The number of ether oxygens (including phenoxy) is 1. The molecule has 0 bridgehead atoms. The van der Waals surface area contributed by atoms with E-state index in [1.54, 1.807) is 18.4 Å². The predicted octanol–water partition coefficient (Wildman–Crippen LogP) is 6.84. The molecule has 0 saturated heterocycles. The quantitative estimate of drug-likeness (QED) is 0.426. The van der Waals surface area contributed by atoms with Crippen molar-refractivity contribution in [2.24, 2.45) is 0 Å². The number of anilines is 1. The van der Waals surface area contributed by atoms with Crippen molar-refractivity contribution in [1.29, 1.82) is 0 Å². The van der Waals surface area contributed by atoms with Crippen LogP contribution in [0.2, 0.25) is 0 Å². The van der Waals surface area contributed by atoms with Crippen LogP contribution in [-0.2, 0) is 17.8 Å². The Morgan fingerprint density at radius 2 is 1.94 bits per heavy atom. The lowest BCUT2D eigenvalue weighted by molar-refractivity contribution is -0.120. The molecule has 1 unspecified atom stereocenters. The van der Waals surface area contributed by atoms with Gasteiger partial charge in [0, 0.05) is 10.6 Å². The molecule has 3 nitrogen and oxygen atoms in total. The zero-order valence-corrected chi connectivity index (χ0v) is 19.7. The van der Waals surface area contributed by atoms with Gasteiger partial charge in [0.05, 0.1) is 19.6 Å². The maximum atomic E-state index is 14.0. The smallest absolute Gasteiger partial charge is 0.234 e. The molecule has 1 atom stereocenters. The van der Waals surface area contributed by atoms with E-state index in [2.05, 4.69) is 68.6 Å². The lowest BCUT2D eigenvalue weighted by Crippen LogP contribution is -2.36. The van der Waals surface area contributed by atoms with Gasteiger partial charge in [-0.25, -0.2) is 0 Å². The summed E-state index contributed by atoms with van der Waals surface area (Å²) in [5, 5.41) is 2.15. The number of methoxy groups -OCH3 is 1. The van der Waals surface area contributed by atoms with Crippen LogP contribution < -0.4 is 9.64 Å². The highest BCUT2D eigenvalue weighted by Gasteiger charge is 2.31. The molecule has 1 aromatic heterocycles. The zero-order valence-electron chi connectivity index (χ0n) is 18.9. The van der Waals surface area contributed by atoms with Crippen LogP contribution in [0.25, 0.3) is 0 Å². The van der Waals surface area contributed by atoms with Crippen molar-refractivity contribution in [3.8, 4) is 5.75 Å². The molecule has 1 aliphatic carbocycles. The molecule has 1 aliphatic rings. The third-order valence-corrected chi connectivity index (χ3v) is 7.24. The third kappa shape index (κ3) is 4.69. The van der Waals surface area contributed by atoms with Gasteiger partial charge in [0.2, 0.25) is 5.91 Å². The van der Waals surface area contributed by atoms with E-state index in [1.807, 2.05) is 11.0 Å². The van der Waals surface area contributed by atoms with Crippen molar-refractivity contribution in [1.82, 2.24) is 0 Å². The number of aryl methyl sites for hydroxylation is 2. The number of thiophene rings is 1. The number of amides is 1. The molecule has 0 spiro atoms. The zero-order chi connectivity index (χ0) is 22.0. The summed E-state index contributed by atoms with van der Waals surface area (Å²) in [5.41, 5.74) is 5.90. The summed E-state index contributed by atoms with van der Waals surface area (Å²) < 4.78 is 5.46. The second-order valence-electron chi connectivity index (χ2n) is 8.77. The van der Waals surface area contributed by atoms with Gasteiger partial charge in [0.1, 0.15) is 5.75 Å². The van der Waals surface area contributed by atoms with Crippen LogP contribution in [-0.4, -0.2) is 13.0 Å². The topological polar surface area (TPSA) is 29.5 Å². The van der Waals surface area contributed by atoms with Gasteiger partial charge in [-0.3, -0.25) is 4.79 Å². The van der Waals surface area contributed by atoms with Crippen molar-refractivity contribution in [2.75, 3.05) is 12.0 Å². The minimum absolute atomic E-state index is 0.135. The maximum absolute atomic E-state index is 14.0. The molecule has 0 fully saturated rings. The second kappa shape index (κ2) is 9.27. The molecule has 1 amide bonds. The van der Waals surface area contributed by atoms with Crippen LogP contribution in [0.1, 0.15) is 65.7 Å². The van der Waals surface area contributed by atoms with E-state index < -0.39 is 0 Å². The standard InChI is InChI=1S/C27H31NO2S/c1-18(2)20-8-11-22(12-9-20)28(16-24-14-19(3)17-31-24)27(29)25-7-5-6-21-10-13-23(30-4)15-26(21)25/h8-15,17-18,25H,5-7,16H2,1-4H3. The number of benzene rings is 2. The summed E-state index contributed by atoms with van der Waals surface area (Å²) in [6, 6.07) is 16.9. The van der Waals surface area contributed by atoms with E-state index in [0.717, 1.165) is 36.3 Å². The van der Waals surface area contributed by atoms with Crippen molar-refractivity contribution in [2.45, 2.75) is 58.4 Å². The Morgan fingerprint density at radius 1 is 1.16 bits per heavy atom. The number of hydrogen-bond donors (Lipinski definition) is 0. The average Bonchev–Trinajstić information content (AvgIpc) is 3.21. The van der Waals surface area contributed by atoms with Crippen LogP contribution >= 0.6 is 11.3 Å². The highest BCUT2D eigenvalue weighted by atomic mass is 32.1. The first-order valence-corrected chi connectivity index (χ1v) is 12.0. The highest BCUT2D eigenvalue weighted by molar-refractivity contribution is 7.10. The number of nitrogens with zero attached hydrogens (tertiary/aromatic N) is 1. The van der Waals surface area contributed by atoms with Crippen LogP contribution in [0.3, 0.4) is 0 Å². The van der Waals surface area contributed by atoms with Gasteiger partial charge in [-0.1, -0.05) is 32.0 Å². The Morgan fingerprint density at radius 3 is 2.58 bits per heavy atom. The summed E-state index contributed by atoms with van der Waals surface area (Å²) in [7, 11) is 1.68. The molecular weight excluding hydrogens is 402 g/mol. The number of rotatable bonds is 6. The van der Waals surface area contributed by atoms with Gasteiger partial charge >= 0.3 is 0 Å². The normalized spacial score (nSPS) is 15.6. The monoisotopic (exact) mass is 433 g/mol. The first-order valence-electron chi connectivity index (χ1n) is 11.1. The first-order chi connectivity index (χ1) is 15.0. The molecule has 162 valence electrons. The molecule has 3 aromatic rings. The molecule has 1 heterocycles. The Hall–Kier alpha value is -2.59. The van der Waals surface area contributed by atoms with Gasteiger partial charge in [-0.2, -0.15) is 0 Å². The third-order valence-electron chi connectivity index (χ3n) is 6.20. The predicted molar refractivity (Wildman–Crippen MR) is 129 cm³/mol. The van der Waals surface area contributed by atoms with Crippen LogP contribution in [0, 0.1) is 6.92 Å². The number of fused-ring (bicyclic) bond motifs is 1. The van der Waals surface area contributed by atoms with E-state index in [4.69, 9.17) is 4.74 Å². The summed E-state index contributed by atoms with van der Waals surface area (Å²) in [6.07, 6.45) is 2.94. The summed E-state index contributed by atoms with van der Waals surface area (Å²) >= 11 is 1.72. The van der Waals surface area contributed by atoms with Gasteiger partial charge in [0.25, 0.3) is 0 Å².